The average Bonchev–Trinajstić information content (AvgIpc) is 3.17. The van der Waals surface area contributed by atoms with Crippen LogP contribution in [-0.4, -0.2) is 82.7 Å². The Morgan fingerprint density at radius 2 is 0.928 bits per heavy atom. The summed E-state index contributed by atoms with van der Waals surface area (Å²) in [6.07, 6.45) is 1.84. The van der Waals surface area contributed by atoms with Gasteiger partial charge in [-0.15, -0.1) is 23.2 Å². The largest absolute Gasteiger partial charge is 0.463 e. The molecular weight excluding hydrogens is 924 g/mol. The number of carbonyl (C=O) groups is 6. The number of anilines is 2. The summed E-state index contributed by atoms with van der Waals surface area (Å²) in [7, 11) is 0. The molecule has 0 saturated heterocycles. The molecule has 0 aliphatic rings. The lowest BCUT2D eigenvalue weighted by atomic mass is 9.71. The number of carbonyl (C=O) groups excluding carboxylic acids is 6. The Morgan fingerprint density at radius 3 is 1.25 bits per heavy atom. The Labute approximate surface area is 425 Å². The van der Waals surface area contributed by atoms with Crippen molar-refractivity contribution in [2.24, 2.45) is 39.9 Å². The van der Waals surface area contributed by atoms with Gasteiger partial charge in [-0.3, -0.25) is 19.2 Å². The van der Waals surface area contributed by atoms with Gasteiger partial charge in [0, 0.05) is 11.4 Å². The molecule has 0 spiro atoms. The van der Waals surface area contributed by atoms with Crippen LogP contribution in [0.2, 0.25) is 0 Å². The van der Waals surface area contributed by atoms with E-state index in [1.165, 1.54) is 0 Å². The predicted octanol–water partition coefficient (Wildman–Crippen LogP) is 12.3. The van der Waals surface area contributed by atoms with Crippen molar-refractivity contribution in [1.29, 1.82) is 0 Å². The first kappa shape index (κ1) is 63.2. The van der Waals surface area contributed by atoms with E-state index in [2.05, 4.69) is 42.0 Å². The summed E-state index contributed by atoms with van der Waals surface area (Å²) >= 11 is 13.4. The highest BCUT2D eigenvalue weighted by Crippen LogP contribution is 2.43. The first-order valence-corrected chi connectivity index (χ1v) is 25.3. The van der Waals surface area contributed by atoms with E-state index in [4.69, 9.17) is 42.1 Å². The third-order valence-electron chi connectivity index (χ3n) is 13.0. The van der Waals surface area contributed by atoms with Crippen LogP contribution in [-0.2, 0) is 38.1 Å². The number of hydrogen-bond donors (Lipinski definition) is 4. The van der Waals surface area contributed by atoms with E-state index >= 15 is 0 Å². The zero-order valence-corrected chi connectivity index (χ0v) is 47.5. The van der Waals surface area contributed by atoms with Crippen molar-refractivity contribution in [3.05, 3.63) is 23.3 Å². The summed E-state index contributed by atoms with van der Waals surface area (Å²) in [6, 6.07) is 1.38. The van der Waals surface area contributed by atoms with Crippen LogP contribution in [0.3, 0.4) is 0 Å². The lowest BCUT2D eigenvalue weighted by Gasteiger charge is -2.39. The number of ether oxygens (including phenoxy) is 4. The molecule has 1 aromatic rings. The van der Waals surface area contributed by atoms with Crippen LogP contribution >= 0.6 is 23.2 Å². The van der Waals surface area contributed by atoms with Crippen molar-refractivity contribution < 1.29 is 47.7 Å². The second kappa shape index (κ2) is 25.6. The average molecular weight is 1010 g/mol. The van der Waals surface area contributed by atoms with Gasteiger partial charge in [-0.1, -0.05) is 82.2 Å². The first-order valence-electron chi connectivity index (χ1n) is 24.6. The summed E-state index contributed by atoms with van der Waals surface area (Å²) < 4.78 is 23.0. The normalized spacial score (nSPS) is 15.4. The number of hydrogen-bond acceptors (Lipinski definition) is 10. The summed E-state index contributed by atoms with van der Waals surface area (Å²) in [6.45, 7) is 39.0. The van der Waals surface area contributed by atoms with Gasteiger partial charge in [-0.05, 0) is 135 Å². The number of nitrogens with one attached hydrogen (secondary N) is 4. The second-order valence-electron chi connectivity index (χ2n) is 23.6. The van der Waals surface area contributed by atoms with E-state index in [0.717, 1.165) is 11.1 Å². The number of halogens is 2. The Hall–Kier alpha value is -3.78. The molecule has 1 aromatic carbocycles. The Balaban J connectivity index is 2.95. The third-order valence-corrected chi connectivity index (χ3v) is 13.5. The molecular formula is C53H90Cl2N4O10. The molecule has 0 aromatic heterocycles. The van der Waals surface area contributed by atoms with Gasteiger partial charge in [0.2, 0.25) is 0 Å². The third kappa shape index (κ3) is 21.6. The van der Waals surface area contributed by atoms with Crippen LogP contribution in [0.25, 0.3) is 0 Å². The molecule has 6 unspecified atom stereocenters. The van der Waals surface area contributed by atoms with Crippen LogP contribution in [0.15, 0.2) is 12.1 Å². The van der Waals surface area contributed by atoms with E-state index in [1.54, 1.807) is 61.5 Å². The fourth-order valence-corrected chi connectivity index (χ4v) is 8.51. The lowest BCUT2D eigenvalue weighted by molar-refractivity contribution is -0.168. The monoisotopic (exact) mass is 1010 g/mol. The van der Waals surface area contributed by atoms with Crippen molar-refractivity contribution in [2.45, 2.75) is 211 Å². The fraction of sp³-hybridized carbons (Fsp3) is 0.774. The zero-order valence-electron chi connectivity index (χ0n) is 46.0. The summed E-state index contributed by atoms with van der Waals surface area (Å²) in [5, 5.41) is 11.5. The van der Waals surface area contributed by atoms with Crippen LogP contribution in [0.5, 0.6) is 0 Å². The molecule has 4 N–H and O–H groups in total. The first-order chi connectivity index (χ1) is 31.2. The van der Waals surface area contributed by atoms with E-state index in [0.29, 0.717) is 37.1 Å². The molecule has 16 heteroatoms. The Bertz CT molecular complexity index is 1910. The van der Waals surface area contributed by atoms with Gasteiger partial charge in [-0.25, -0.2) is 9.59 Å². The SMILES string of the molecule is CCC(COC(=O)C(C)C(C)(C)CC(C(=O)OC(C)C)C(C)(C)Cl)NC(=O)Nc1cc(NC(=O)NC(CC)COC(=O)C(C)C(C)(C)CC(C(=O)OC(C)(C)CC(C)(C)C)C(C)(C)Cl)c(C)cc1C. The quantitative estimate of drug-likeness (QED) is 0.0417. The molecule has 396 valence electrons. The lowest BCUT2D eigenvalue weighted by Crippen LogP contribution is -2.44. The molecule has 0 aliphatic heterocycles. The van der Waals surface area contributed by atoms with Crippen molar-refractivity contribution in [1.82, 2.24) is 10.6 Å². The fourth-order valence-electron chi connectivity index (χ4n) is 8.18. The molecule has 0 bridgehead atoms. The minimum atomic E-state index is -0.948. The zero-order chi connectivity index (χ0) is 53.8. The number of benzene rings is 1. The molecule has 0 heterocycles. The number of alkyl halides is 2. The van der Waals surface area contributed by atoms with Crippen molar-refractivity contribution in [3.8, 4) is 0 Å². The summed E-state index contributed by atoms with van der Waals surface area (Å²) in [5.41, 5.74) is 0.223. The van der Waals surface area contributed by atoms with E-state index in [-0.39, 0.29) is 31.2 Å². The van der Waals surface area contributed by atoms with Gasteiger partial charge in [0.25, 0.3) is 0 Å². The number of rotatable bonds is 25. The van der Waals surface area contributed by atoms with Crippen molar-refractivity contribution >= 4 is 70.5 Å². The molecule has 0 saturated carbocycles. The van der Waals surface area contributed by atoms with Crippen LogP contribution in [0.4, 0.5) is 21.0 Å². The predicted molar refractivity (Wildman–Crippen MR) is 278 cm³/mol. The Morgan fingerprint density at radius 1 is 0.565 bits per heavy atom. The van der Waals surface area contributed by atoms with E-state index in [1.807, 2.05) is 75.3 Å². The van der Waals surface area contributed by atoms with Gasteiger partial charge < -0.3 is 40.2 Å². The standard InChI is InChI=1S/C53H90Cl2N4O10/c1-22-36(28-66-42(60)34(7)49(12,13)26-38(52(18,19)54)44(62)68-31(3)4)56-46(64)58-40-25-41(33(6)24-32(40)5)59-47(65)57-37(23-2)29-67-43(61)35(8)50(14,15)27-39(53(20,21)55)45(63)69-51(16,17)30-48(9,10)11/h24-25,31,34-39H,22-23,26-30H2,1-21H3,(H2,56,58,64)(H2,57,59,65). The van der Waals surface area contributed by atoms with Gasteiger partial charge >= 0.3 is 35.9 Å². The smallest absolute Gasteiger partial charge is 0.319 e. The van der Waals surface area contributed by atoms with Crippen LogP contribution < -0.4 is 21.3 Å². The molecule has 0 fully saturated rings. The molecule has 0 radical (unpaired) electrons. The second-order valence-corrected chi connectivity index (χ2v) is 25.6. The highest BCUT2D eigenvalue weighted by Gasteiger charge is 2.46. The van der Waals surface area contributed by atoms with Gasteiger partial charge in [0.1, 0.15) is 18.8 Å². The minimum Gasteiger partial charge on any atom is -0.463 e. The van der Waals surface area contributed by atoms with Gasteiger partial charge in [-0.2, -0.15) is 0 Å². The number of aryl methyl sites for hydroxylation is 2. The highest BCUT2D eigenvalue weighted by atomic mass is 35.5. The molecule has 69 heavy (non-hydrogen) atoms. The number of amides is 4. The minimum absolute atomic E-state index is 0.0641. The van der Waals surface area contributed by atoms with Gasteiger partial charge in [0.05, 0.1) is 51.6 Å². The molecule has 0 aliphatic carbocycles. The van der Waals surface area contributed by atoms with E-state index < -0.39 is 97.9 Å². The molecule has 1 rings (SSSR count). The van der Waals surface area contributed by atoms with Gasteiger partial charge in [0.15, 0.2) is 0 Å². The highest BCUT2D eigenvalue weighted by molar-refractivity contribution is 6.25. The molecule has 6 atom stereocenters. The maximum absolute atomic E-state index is 13.6. The topological polar surface area (TPSA) is 187 Å². The van der Waals surface area contributed by atoms with Crippen LogP contribution in [0.1, 0.15) is 175 Å². The van der Waals surface area contributed by atoms with Crippen molar-refractivity contribution in [2.75, 3.05) is 23.8 Å². The van der Waals surface area contributed by atoms with E-state index in [9.17, 15) is 28.8 Å². The summed E-state index contributed by atoms with van der Waals surface area (Å²) in [5.74, 6) is -4.37. The Kier molecular flexibility index (Phi) is 23.4. The maximum atomic E-state index is 13.6. The molecule has 14 nitrogen and oxygen atoms in total. The number of esters is 4. The molecule has 4 amide bonds. The summed E-state index contributed by atoms with van der Waals surface area (Å²) in [4.78, 5) is 78.3. The number of urea groups is 2. The maximum Gasteiger partial charge on any atom is 0.319 e. The van der Waals surface area contributed by atoms with Crippen molar-refractivity contribution in [3.63, 3.8) is 0 Å². The van der Waals surface area contributed by atoms with Crippen LogP contribution in [0, 0.1) is 53.8 Å².